The molecule has 0 aliphatic heterocycles. The predicted octanol–water partition coefficient (Wildman–Crippen LogP) is 4.48. The summed E-state index contributed by atoms with van der Waals surface area (Å²) in [6.45, 7) is 9.07. The molecule has 2 N–H and O–H groups in total. The maximum Gasteiger partial charge on any atom is 0.408 e. The molecule has 1 aromatic carbocycles. The fourth-order valence-corrected chi connectivity index (χ4v) is 2.03. The summed E-state index contributed by atoms with van der Waals surface area (Å²) in [4.78, 5) is 24.2. The van der Waals surface area contributed by atoms with Gasteiger partial charge in [0.05, 0.1) is 10.0 Å². The molecule has 0 heterocycles. The first-order valence-corrected chi connectivity index (χ1v) is 8.00. The maximum absolute atomic E-state index is 12.4. The molecule has 0 spiro atoms. The Hall–Kier alpha value is -1.46. The van der Waals surface area contributed by atoms with Crippen LogP contribution in [-0.4, -0.2) is 23.6 Å². The molecule has 1 rings (SSSR count). The molecule has 0 unspecified atom stereocenters. The third kappa shape index (κ3) is 6.67. The van der Waals surface area contributed by atoms with Crippen LogP contribution in [0.3, 0.4) is 0 Å². The number of halogens is 2. The minimum absolute atomic E-state index is 0.191. The first-order valence-electron chi connectivity index (χ1n) is 7.24. The van der Waals surface area contributed by atoms with Crippen molar-refractivity contribution in [3.63, 3.8) is 0 Å². The number of nitrogens with one attached hydrogen (secondary N) is 2. The molecule has 0 saturated carbocycles. The van der Waals surface area contributed by atoms with E-state index in [1.807, 2.05) is 20.8 Å². The summed E-state index contributed by atoms with van der Waals surface area (Å²) in [5.41, 5.74) is 0.0357. The lowest BCUT2D eigenvalue weighted by Gasteiger charge is -2.25. The molecule has 0 bridgehead atoms. The molecule has 7 heteroatoms. The Morgan fingerprint density at radius 2 is 1.74 bits per heavy atom. The van der Waals surface area contributed by atoms with Crippen LogP contribution in [0.25, 0.3) is 0 Å². The fourth-order valence-electron chi connectivity index (χ4n) is 1.73. The van der Waals surface area contributed by atoms with E-state index in [1.54, 1.807) is 26.0 Å². The van der Waals surface area contributed by atoms with E-state index < -0.39 is 23.6 Å². The zero-order chi connectivity index (χ0) is 17.8. The number of hydrogen-bond donors (Lipinski definition) is 2. The second kappa shape index (κ2) is 7.88. The summed E-state index contributed by atoms with van der Waals surface area (Å²) in [5, 5.41) is 6.06. The molecule has 0 aliphatic carbocycles. The Balaban J connectivity index is 2.78. The molecule has 0 saturated heterocycles. The van der Waals surface area contributed by atoms with E-state index in [4.69, 9.17) is 27.9 Å². The van der Waals surface area contributed by atoms with Crippen LogP contribution in [0.4, 0.5) is 10.5 Å². The van der Waals surface area contributed by atoms with Crippen molar-refractivity contribution in [2.24, 2.45) is 5.92 Å². The lowest BCUT2D eigenvalue weighted by Crippen LogP contribution is -2.45. The van der Waals surface area contributed by atoms with Crippen LogP contribution in [0.2, 0.25) is 10.0 Å². The molecule has 0 aromatic heterocycles. The smallest absolute Gasteiger partial charge is 0.408 e. The Labute approximate surface area is 146 Å². The number of alkyl carbamates (subject to hydrolysis) is 1. The molecule has 128 valence electrons. The molecule has 0 radical (unpaired) electrons. The Bertz CT molecular complexity index is 583. The fraction of sp³-hybridized carbons (Fsp3) is 0.500. The SMILES string of the molecule is CC(C)[C@H](OC(=O)NC(C)(C)C)C(=O)Nc1ccc(Cl)c(Cl)c1. The van der Waals surface area contributed by atoms with Gasteiger partial charge in [-0.1, -0.05) is 37.0 Å². The summed E-state index contributed by atoms with van der Waals surface area (Å²) in [6, 6.07) is 4.74. The number of anilines is 1. The average Bonchev–Trinajstić information content (AvgIpc) is 2.37. The molecule has 23 heavy (non-hydrogen) atoms. The van der Waals surface area contributed by atoms with Gasteiger partial charge in [-0.3, -0.25) is 4.79 Å². The topological polar surface area (TPSA) is 67.4 Å². The highest BCUT2D eigenvalue weighted by Crippen LogP contribution is 2.25. The van der Waals surface area contributed by atoms with Crippen LogP contribution in [0.15, 0.2) is 18.2 Å². The molecule has 0 fully saturated rings. The van der Waals surface area contributed by atoms with E-state index in [1.165, 1.54) is 6.07 Å². The van der Waals surface area contributed by atoms with E-state index in [2.05, 4.69) is 10.6 Å². The van der Waals surface area contributed by atoms with Crippen LogP contribution < -0.4 is 10.6 Å². The molecular formula is C16H22Cl2N2O3. The van der Waals surface area contributed by atoms with Crippen molar-refractivity contribution in [1.82, 2.24) is 5.32 Å². The van der Waals surface area contributed by atoms with Gasteiger partial charge in [0, 0.05) is 11.2 Å². The van der Waals surface area contributed by atoms with Gasteiger partial charge in [0.1, 0.15) is 0 Å². The van der Waals surface area contributed by atoms with E-state index in [-0.39, 0.29) is 5.92 Å². The minimum Gasteiger partial charge on any atom is -0.436 e. The second-order valence-corrected chi connectivity index (χ2v) is 7.38. The molecule has 5 nitrogen and oxygen atoms in total. The summed E-state index contributed by atoms with van der Waals surface area (Å²) < 4.78 is 5.25. The van der Waals surface area contributed by atoms with Gasteiger partial charge in [-0.15, -0.1) is 0 Å². The van der Waals surface area contributed by atoms with Gasteiger partial charge >= 0.3 is 6.09 Å². The number of carbonyl (C=O) groups excluding carboxylic acids is 2. The minimum atomic E-state index is -0.924. The standard InChI is InChI=1S/C16H22Cl2N2O3/c1-9(2)13(23-15(22)20-16(3,4)5)14(21)19-10-6-7-11(17)12(18)8-10/h6-9,13H,1-5H3,(H,19,21)(H,20,22)/t13-/m0/s1. The molecular weight excluding hydrogens is 339 g/mol. The Kier molecular flexibility index (Phi) is 6.71. The number of rotatable bonds is 4. The summed E-state index contributed by atoms with van der Waals surface area (Å²) >= 11 is 11.8. The molecule has 0 aliphatic rings. The van der Waals surface area contributed by atoms with E-state index in [0.29, 0.717) is 15.7 Å². The highest BCUT2D eigenvalue weighted by atomic mass is 35.5. The number of carbonyl (C=O) groups is 2. The number of hydrogen-bond acceptors (Lipinski definition) is 3. The van der Waals surface area contributed by atoms with Gasteiger partial charge in [0.15, 0.2) is 6.10 Å². The normalized spacial score (nSPS) is 12.7. The van der Waals surface area contributed by atoms with Crippen molar-refractivity contribution in [2.45, 2.75) is 46.3 Å². The third-order valence-corrected chi connectivity index (χ3v) is 3.50. The summed E-state index contributed by atoms with van der Waals surface area (Å²) in [5.74, 6) is -0.620. The zero-order valence-corrected chi connectivity index (χ0v) is 15.4. The van der Waals surface area contributed by atoms with Crippen LogP contribution in [-0.2, 0) is 9.53 Å². The van der Waals surface area contributed by atoms with Crippen LogP contribution in [0.1, 0.15) is 34.6 Å². The number of amides is 2. The Morgan fingerprint density at radius 3 is 2.22 bits per heavy atom. The van der Waals surface area contributed by atoms with Crippen molar-refractivity contribution in [2.75, 3.05) is 5.32 Å². The zero-order valence-electron chi connectivity index (χ0n) is 13.9. The van der Waals surface area contributed by atoms with Gasteiger partial charge < -0.3 is 15.4 Å². The van der Waals surface area contributed by atoms with Gasteiger partial charge in [-0.2, -0.15) is 0 Å². The maximum atomic E-state index is 12.4. The molecule has 1 atom stereocenters. The van der Waals surface area contributed by atoms with Crippen molar-refractivity contribution in [1.29, 1.82) is 0 Å². The van der Waals surface area contributed by atoms with E-state index >= 15 is 0 Å². The molecule has 2 amide bonds. The first-order chi connectivity index (χ1) is 10.5. The Morgan fingerprint density at radius 1 is 1.13 bits per heavy atom. The van der Waals surface area contributed by atoms with Gasteiger partial charge in [-0.25, -0.2) is 4.79 Å². The largest absolute Gasteiger partial charge is 0.436 e. The quantitative estimate of drug-likeness (QED) is 0.831. The number of benzene rings is 1. The summed E-state index contributed by atoms with van der Waals surface area (Å²) in [7, 11) is 0. The van der Waals surface area contributed by atoms with Gasteiger partial charge in [-0.05, 0) is 44.9 Å². The number of ether oxygens (including phenoxy) is 1. The summed E-state index contributed by atoms with van der Waals surface area (Å²) in [6.07, 6.45) is -1.56. The average molecular weight is 361 g/mol. The van der Waals surface area contributed by atoms with Crippen molar-refractivity contribution < 1.29 is 14.3 Å². The highest BCUT2D eigenvalue weighted by Gasteiger charge is 2.28. The first kappa shape index (κ1) is 19.6. The highest BCUT2D eigenvalue weighted by molar-refractivity contribution is 6.42. The molecule has 1 aromatic rings. The lowest BCUT2D eigenvalue weighted by atomic mass is 10.1. The van der Waals surface area contributed by atoms with Crippen molar-refractivity contribution in [3.8, 4) is 0 Å². The predicted molar refractivity (Wildman–Crippen MR) is 93.1 cm³/mol. The van der Waals surface area contributed by atoms with E-state index in [9.17, 15) is 9.59 Å². The van der Waals surface area contributed by atoms with Crippen LogP contribution in [0, 0.1) is 5.92 Å². The monoisotopic (exact) mass is 360 g/mol. The van der Waals surface area contributed by atoms with Crippen LogP contribution >= 0.6 is 23.2 Å². The van der Waals surface area contributed by atoms with Crippen molar-refractivity contribution >= 4 is 40.9 Å². The van der Waals surface area contributed by atoms with E-state index in [0.717, 1.165) is 0 Å². The second-order valence-electron chi connectivity index (χ2n) is 6.56. The lowest BCUT2D eigenvalue weighted by molar-refractivity contribution is -0.126. The van der Waals surface area contributed by atoms with Gasteiger partial charge in [0.2, 0.25) is 0 Å². The van der Waals surface area contributed by atoms with Crippen LogP contribution in [0.5, 0.6) is 0 Å². The van der Waals surface area contributed by atoms with Gasteiger partial charge in [0.25, 0.3) is 5.91 Å². The van der Waals surface area contributed by atoms with Crippen molar-refractivity contribution in [3.05, 3.63) is 28.2 Å². The third-order valence-electron chi connectivity index (χ3n) is 2.76.